The molecule has 2 unspecified atom stereocenters. The van der Waals surface area contributed by atoms with Crippen LogP contribution in [-0.2, 0) is 0 Å². The van der Waals surface area contributed by atoms with E-state index in [0.717, 1.165) is 12.3 Å². The van der Waals surface area contributed by atoms with Gasteiger partial charge in [-0.3, -0.25) is 0 Å². The first kappa shape index (κ1) is 9.51. The Hall–Kier alpha value is -0.0400. The molecule has 76 valence electrons. The Morgan fingerprint density at radius 2 is 1.38 bits per heavy atom. The highest BCUT2D eigenvalue weighted by Gasteiger charge is 2.32. The summed E-state index contributed by atoms with van der Waals surface area (Å²) in [6.07, 6.45) is 12.1. The van der Waals surface area contributed by atoms with E-state index in [1.54, 1.807) is 0 Å². The second-order valence-electron chi connectivity index (χ2n) is 4.91. The third kappa shape index (κ3) is 2.25. The van der Waals surface area contributed by atoms with Crippen LogP contribution in [0.1, 0.15) is 57.8 Å². The molecule has 2 aliphatic rings. The van der Waals surface area contributed by atoms with E-state index in [4.69, 9.17) is 0 Å². The van der Waals surface area contributed by atoms with Gasteiger partial charge in [0.1, 0.15) is 0 Å². The van der Waals surface area contributed by atoms with Crippen molar-refractivity contribution < 1.29 is 5.11 Å². The van der Waals surface area contributed by atoms with Crippen LogP contribution in [-0.4, -0.2) is 11.2 Å². The van der Waals surface area contributed by atoms with Gasteiger partial charge in [0, 0.05) is 0 Å². The highest BCUT2D eigenvalue weighted by Crippen LogP contribution is 2.38. The fourth-order valence-electron chi connectivity index (χ4n) is 3.26. The smallest absolute Gasteiger partial charge is 0.0571 e. The zero-order chi connectivity index (χ0) is 9.10. The monoisotopic (exact) mass is 182 g/mol. The van der Waals surface area contributed by atoms with E-state index in [1.807, 2.05) is 0 Å². The molecule has 0 aromatic heterocycles. The lowest BCUT2D eigenvalue weighted by Gasteiger charge is -2.24. The van der Waals surface area contributed by atoms with E-state index in [1.165, 1.54) is 51.4 Å². The number of aliphatic hydroxyl groups excluding tert-OH is 1. The molecule has 2 saturated carbocycles. The molecule has 2 atom stereocenters. The van der Waals surface area contributed by atoms with Crippen LogP contribution in [0.25, 0.3) is 0 Å². The van der Waals surface area contributed by atoms with Gasteiger partial charge in [0.2, 0.25) is 0 Å². The standard InChI is InChI=1S/C12H22O/c13-12-9-5-8-11(12)10-6-3-1-2-4-7-10/h10-13H,1-9H2. The second kappa shape index (κ2) is 4.45. The molecule has 0 amide bonds. The molecular formula is C12H22O. The molecule has 0 spiro atoms. The van der Waals surface area contributed by atoms with Crippen LogP contribution in [0.3, 0.4) is 0 Å². The number of hydrogen-bond donors (Lipinski definition) is 1. The van der Waals surface area contributed by atoms with Gasteiger partial charge in [-0.1, -0.05) is 44.9 Å². The Labute approximate surface area is 81.5 Å². The van der Waals surface area contributed by atoms with Crippen LogP contribution in [0.4, 0.5) is 0 Å². The summed E-state index contributed by atoms with van der Waals surface area (Å²) in [5, 5.41) is 9.83. The van der Waals surface area contributed by atoms with Crippen molar-refractivity contribution >= 4 is 0 Å². The average molecular weight is 182 g/mol. The van der Waals surface area contributed by atoms with Crippen molar-refractivity contribution in [2.45, 2.75) is 63.9 Å². The van der Waals surface area contributed by atoms with Crippen molar-refractivity contribution in [3.8, 4) is 0 Å². The lowest BCUT2D eigenvalue weighted by molar-refractivity contribution is 0.0920. The minimum atomic E-state index is 0.0445. The third-order valence-corrected chi connectivity index (χ3v) is 4.04. The van der Waals surface area contributed by atoms with E-state index in [0.29, 0.717) is 5.92 Å². The zero-order valence-corrected chi connectivity index (χ0v) is 8.54. The van der Waals surface area contributed by atoms with Gasteiger partial charge in [-0.05, 0) is 24.7 Å². The first-order valence-electron chi connectivity index (χ1n) is 6.06. The van der Waals surface area contributed by atoms with Crippen LogP contribution in [0, 0.1) is 11.8 Å². The predicted molar refractivity (Wildman–Crippen MR) is 54.5 cm³/mol. The summed E-state index contributed by atoms with van der Waals surface area (Å²) in [6.45, 7) is 0. The largest absolute Gasteiger partial charge is 0.393 e. The Kier molecular flexibility index (Phi) is 3.26. The molecule has 1 heteroatoms. The first-order chi connectivity index (χ1) is 6.38. The van der Waals surface area contributed by atoms with Gasteiger partial charge in [-0.15, -0.1) is 0 Å². The summed E-state index contributed by atoms with van der Waals surface area (Å²) >= 11 is 0. The maximum Gasteiger partial charge on any atom is 0.0571 e. The summed E-state index contributed by atoms with van der Waals surface area (Å²) in [4.78, 5) is 0. The molecular weight excluding hydrogens is 160 g/mol. The lowest BCUT2D eigenvalue weighted by atomic mass is 9.84. The molecule has 0 aromatic rings. The summed E-state index contributed by atoms with van der Waals surface area (Å²) in [7, 11) is 0. The summed E-state index contributed by atoms with van der Waals surface area (Å²) in [5.41, 5.74) is 0. The summed E-state index contributed by atoms with van der Waals surface area (Å²) in [6, 6.07) is 0. The summed E-state index contributed by atoms with van der Waals surface area (Å²) < 4.78 is 0. The maximum absolute atomic E-state index is 9.83. The van der Waals surface area contributed by atoms with Crippen molar-refractivity contribution in [3.05, 3.63) is 0 Å². The normalized spacial score (nSPS) is 37.6. The second-order valence-corrected chi connectivity index (χ2v) is 4.91. The fourth-order valence-corrected chi connectivity index (χ4v) is 3.26. The Balaban J connectivity index is 1.89. The van der Waals surface area contributed by atoms with E-state index in [9.17, 15) is 5.11 Å². The lowest BCUT2D eigenvalue weighted by Crippen LogP contribution is -2.22. The molecule has 0 radical (unpaired) electrons. The molecule has 2 aliphatic carbocycles. The van der Waals surface area contributed by atoms with Gasteiger partial charge in [0.15, 0.2) is 0 Å². The van der Waals surface area contributed by atoms with Crippen molar-refractivity contribution in [2.24, 2.45) is 11.8 Å². The minimum Gasteiger partial charge on any atom is -0.393 e. The third-order valence-electron chi connectivity index (χ3n) is 4.04. The van der Waals surface area contributed by atoms with Crippen LogP contribution in [0.5, 0.6) is 0 Å². The van der Waals surface area contributed by atoms with E-state index in [2.05, 4.69) is 0 Å². The Bertz CT molecular complexity index is 147. The average Bonchev–Trinajstić information content (AvgIpc) is 2.43. The van der Waals surface area contributed by atoms with Crippen molar-refractivity contribution in [2.75, 3.05) is 0 Å². The predicted octanol–water partition coefficient (Wildman–Crippen LogP) is 3.12. The van der Waals surface area contributed by atoms with E-state index in [-0.39, 0.29) is 6.10 Å². The SMILES string of the molecule is OC1CCCC1C1CCCCCC1. The van der Waals surface area contributed by atoms with Crippen LogP contribution in [0.15, 0.2) is 0 Å². The number of aliphatic hydroxyl groups is 1. The van der Waals surface area contributed by atoms with Gasteiger partial charge >= 0.3 is 0 Å². The molecule has 0 aliphatic heterocycles. The molecule has 2 rings (SSSR count). The zero-order valence-electron chi connectivity index (χ0n) is 8.54. The molecule has 2 fully saturated rings. The fraction of sp³-hybridized carbons (Fsp3) is 1.00. The van der Waals surface area contributed by atoms with Gasteiger partial charge in [0.05, 0.1) is 6.10 Å². The van der Waals surface area contributed by atoms with Gasteiger partial charge < -0.3 is 5.11 Å². The Morgan fingerprint density at radius 1 is 0.692 bits per heavy atom. The molecule has 0 bridgehead atoms. The Morgan fingerprint density at radius 3 is 1.92 bits per heavy atom. The van der Waals surface area contributed by atoms with Crippen LogP contribution >= 0.6 is 0 Å². The number of hydrogen-bond acceptors (Lipinski definition) is 1. The summed E-state index contributed by atoms with van der Waals surface area (Å²) in [5.74, 6) is 1.53. The highest BCUT2D eigenvalue weighted by molar-refractivity contribution is 4.83. The molecule has 13 heavy (non-hydrogen) atoms. The van der Waals surface area contributed by atoms with Crippen molar-refractivity contribution in [3.63, 3.8) is 0 Å². The number of rotatable bonds is 1. The first-order valence-corrected chi connectivity index (χ1v) is 6.06. The van der Waals surface area contributed by atoms with E-state index >= 15 is 0 Å². The minimum absolute atomic E-state index is 0.0445. The topological polar surface area (TPSA) is 20.2 Å². The van der Waals surface area contributed by atoms with Crippen LogP contribution in [0.2, 0.25) is 0 Å². The van der Waals surface area contributed by atoms with Gasteiger partial charge in [-0.25, -0.2) is 0 Å². The van der Waals surface area contributed by atoms with Crippen molar-refractivity contribution in [1.82, 2.24) is 0 Å². The molecule has 1 nitrogen and oxygen atoms in total. The molecule has 0 saturated heterocycles. The van der Waals surface area contributed by atoms with E-state index < -0.39 is 0 Å². The highest BCUT2D eigenvalue weighted by atomic mass is 16.3. The molecule has 0 heterocycles. The molecule has 0 aromatic carbocycles. The quantitative estimate of drug-likeness (QED) is 0.618. The van der Waals surface area contributed by atoms with Gasteiger partial charge in [0.25, 0.3) is 0 Å². The molecule has 1 N–H and O–H groups in total. The van der Waals surface area contributed by atoms with Crippen molar-refractivity contribution in [1.29, 1.82) is 0 Å². The van der Waals surface area contributed by atoms with Crippen LogP contribution < -0.4 is 0 Å². The maximum atomic E-state index is 9.83. The van der Waals surface area contributed by atoms with Gasteiger partial charge in [-0.2, -0.15) is 0 Å².